The molecule has 0 unspecified atom stereocenters. The summed E-state index contributed by atoms with van der Waals surface area (Å²) in [5.41, 5.74) is 3.89. The Morgan fingerprint density at radius 2 is 2.11 bits per heavy atom. The Bertz CT molecular complexity index is 390. The monoisotopic (exact) mass is 250 g/mol. The molecule has 0 amide bonds. The van der Waals surface area contributed by atoms with Gasteiger partial charge in [-0.2, -0.15) is 5.10 Å². The van der Waals surface area contributed by atoms with Crippen LogP contribution >= 0.6 is 0 Å². The summed E-state index contributed by atoms with van der Waals surface area (Å²) < 4.78 is 5.47. The molecule has 0 aliphatic heterocycles. The molecule has 0 saturated heterocycles. The maximum atomic E-state index is 10.4. The van der Waals surface area contributed by atoms with Crippen LogP contribution in [0.15, 0.2) is 35.4 Å². The molecule has 2 N–H and O–H groups in total. The van der Waals surface area contributed by atoms with E-state index < -0.39 is 5.97 Å². The van der Waals surface area contributed by atoms with Crippen LogP contribution in [0.3, 0.4) is 0 Å². The van der Waals surface area contributed by atoms with Crippen molar-refractivity contribution >= 4 is 11.7 Å². The van der Waals surface area contributed by atoms with Gasteiger partial charge in [-0.15, -0.1) is 0 Å². The third kappa shape index (κ3) is 6.00. The van der Waals surface area contributed by atoms with Gasteiger partial charge in [0.1, 0.15) is 5.71 Å². The van der Waals surface area contributed by atoms with Crippen LogP contribution in [0.25, 0.3) is 0 Å². The van der Waals surface area contributed by atoms with Gasteiger partial charge in [0.15, 0.2) is 0 Å². The predicted molar refractivity (Wildman–Crippen MR) is 69.5 cm³/mol. The molecule has 0 spiro atoms. The lowest BCUT2D eigenvalue weighted by Gasteiger charge is -2.04. The Balaban J connectivity index is 2.03. The highest BCUT2D eigenvalue weighted by molar-refractivity contribution is 6.34. The summed E-state index contributed by atoms with van der Waals surface area (Å²) in [4.78, 5) is 10.4. The molecule has 5 nitrogen and oxygen atoms in total. The topological polar surface area (TPSA) is 70.9 Å². The van der Waals surface area contributed by atoms with Crippen LogP contribution in [0, 0.1) is 0 Å². The number of nitrogens with one attached hydrogen (secondary N) is 1. The fourth-order valence-electron chi connectivity index (χ4n) is 1.24. The highest BCUT2D eigenvalue weighted by atomic mass is 16.5. The van der Waals surface area contributed by atoms with E-state index in [9.17, 15) is 4.79 Å². The standard InChI is InChI=1S/C13H18N2O3/c1-11(13(16)17)15-14-8-5-9-18-10-12-6-3-2-4-7-12/h2-4,6-7,14H,5,8-10H2,1H3,(H,16,17). The molecule has 0 aromatic heterocycles. The molecule has 1 rings (SSSR count). The molecule has 1 aromatic rings. The summed E-state index contributed by atoms with van der Waals surface area (Å²) in [7, 11) is 0. The molecule has 98 valence electrons. The second-order valence-electron chi connectivity index (χ2n) is 3.80. The molecule has 0 atom stereocenters. The van der Waals surface area contributed by atoms with Crippen LogP contribution in [0.2, 0.25) is 0 Å². The van der Waals surface area contributed by atoms with Gasteiger partial charge in [-0.3, -0.25) is 0 Å². The fraction of sp³-hybridized carbons (Fsp3) is 0.385. The predicted octanol–water partition coefficient (Wildman–Crippen LogP) is 1.64. The van der Waals surface area contributed by atoms with Gasteiger partial charge < -0.3 is 15.3 Å². The number of hydrogen-bond donors (Lipinski definition) is 2. The van der Waals surface area contributed by atoms with Gasteiger partial charge in [0, 0.05) is 13.2 Å². The number of carbonyl (C=O) groups is 1. The second kappa shape index (κ2) is 8.25. The Labute approximate surface area is 106 Å². The van der Waals surface area contributed by atoms with Crippen molar-refractivity contribution in [3.63, 3.8) is 0 Å². The van der Waals surface area contributed by atoms with Crippen molar-refractivity contribution in [3.8, 4) is 0 Å². The van der Waals surface area contributed by atoms with E-state index in [1.165, 1.54) is 6.92 Å². The van der Waals surface area contributed by atoms with E-state index in [4.69, 9.17) is 9.84 Å². The van der Waals surface area contributed by atoms with Crippen LogP contribution in [0.1, 0.15) is 18.9 Å². The zero-order valence-corrected chi connectivity index (χ0v) is 10.4. The number of hydrogen-bond acceptors (Lipinski definition) is 4. The molecular formula is C13H18N2O3. The third-order valence-corrected chi connectivity index (χ3v) is 2.25. The average molecular weight is 250 g/mol. The lowest BCUT2D eigenvalue weighted by atomic mass is 10.2. The van der Waals surface area contributed by atoms with Gasteiger partial charge in [0.2, 0.25) is 0 Å². The van der Waals surface area contributed by atoms with Gasteiger partial charge >= 0.3 is 5.97 Å². The maximum absolute atomic E-state index is 10.4. The highest BCUT2D eigenvalue weighted by Gasteiger charge is 1.99. The average Bonchev–Trinajstić information content (AvgIpc) is 2.38. The summed E-state index contributed by atoms with van der Waals surface area (Å²) >= 11 is 0. The molecular weight excluding hydrogens is 232 g/mol. The Hall–Kier alpha value is -1.88. The number of carboxylic acids is 1. The first-order chi connectivity index (χ1) is 8.70. The van der Waals surface area contributed by atoms with Crippen LogP contribution in [-0.2, 0) is 16.1 Å². The number of rotatable bonds is 8. The van der Waals surface area contributed by atoms with Crippen LogP contribution in [0.4, 0.5) is 0 Å². The molecule has 1 aromatic carbocycles. The summed E-state index contributed by atoms with van der Waals surface area (Å²) in [6, 6.07) is 9.95. The minimum Gasteiger partial charge on any atom is -0.477 e. The van der Waals surface area contributed by atoms with Crippen LogP contribution in [-0.4, -0.2) is 29.9 Å². The van der Waals surface area contributed by atoms with E-state index in [1.807, 2.05) is 30.3 Å². The Kier molecular flexibility index (Phi) is 6.50. The molecule has 0 bridgehead atoms. The minimum atomic E-state index is -1.01. The first kappa shape index (κ1) is 14.2. The summed E-state index contributed by atoms with van der Waals surface area (Å²) in [5.74, 6) is -1.01. The number of carboxylic acid groups (broad SMARTS) is 1. The maximum Gasteiger partial charge on any atom is 0.351 e. The Morgan fingerprint density at radius 3 is 2.78 bits per heavy atom. The molecule has 0 heterocycles. The van der Waals surface area contributed by atoms with Crippen molar-refractivity contribution in [2.24, 2.45) is 5.10 Å². The third-order valence-electron chi connectivity index (χ3n) is 2.25. The van der Waals surface area contributed by atoms with Crippen molar-refractivity contribution in [2.75, 3.05) is 13.2 Å². The van der Waals surface area contributed by atoms with Crippen molar-refractivity contribution in [1.82, 2.24) is 5.43 Å². The van der Waals surface area contributed by atoms with Crippen LogP contribution < -0.4 is 5.43 Å². The first-order valence-electron chi connectivity index (χ1n) is 5.82. The van der Waals surface area contributed by atoms with Gasteiger partial charge in [0.05, 0.1) is 6.61 Å². The summed E-state index contributed by atoms with van der Waals surface area (Å²) in [5, 5.41) is 12.2. The zero-order valence-electron chi connectivity index (χ0n) is 10.4. The molecule has 18 heavy (non-hydrogen) atoms. The number of ether oxygens (including phenoxy) is 1. The van der Waals surface area contributed by atoms with E-state index in [1.54, 1.807) is 0 Å². The number of aliphatic carboxylic acids is 1. The number of benzene rings is 1. The van der Waals surface area contributed by atoms with E-state index in [-0.39, 0.29) is 5.71 Å². The summed E-state index contributed by atoms with van der Waals surface area (Å²) in [6.07, 6.45) is 0.781. The van der Waals surface area contributed by atoms with Gasteiger partial charge in [-0.25, -0.2) is 4.79 Å². The molecule has 0 aliphatic carbocycles. The highest BCUT2D eigenvalue weighted by Crippen LogP contribution is 2.00. The van der Waals surface area contributed by atoms with Gasteiger partial charge in [0.25, 0.3) is 0 Å². The lowest BCUT2D eigenvalue weighted by molar-refractivity contribution is -0.129. The number of hydrazone groups is 1. The van der Waals surface area contributed by atoms with Gasteiger partial charge in [-0.1, -0.05) is 30.3 Å². The van der Waals surface area contributed by atoms with Crippen molar-refractivity contribution in [3.05, 3.63) is 35.9 Å². The molecule has 5 heteroatoms. The lowest BCUT2D eigenvalue weighted by Crippen LogP contribution is -2.17. The second-order valence-corrected chi connectivity index (χ2v) is 3.80. The van der Waals surface area contributed by atoms with Crippen molar-refractivity contribution in [2.45, 2.75) is 20.0 Å². The normalized spacial score (nSPS) is 11.3. The molecule has 0 saturated carbocycles. The molecule has 0 radical (unpaired) electrons. The van der Waals surface area contributed by atoms with E-state index in [0.29, 0.717) is 19.8 Å². The Morgan fingerprint density at radius 1 is 1.39 bits per heavy atom. The smallest absolute Gasteiger partial charge is 0.351 e. The van der Waals surface area contributed by atoms with E-state index >= 15 is 0 Å². The van der Waals surface area contributed by atoms with Gasteiger partial charge in [-0.05, 0) is 18.9 Å². The van der Waals surface area contributed by atoms with Crippen molar-refractivity contribution in [1.29, 1.82) is 0 Å². The minimum absolute atomic E-state index is 0.0557. The zero-order chi connectivity index (χ0) is 13.2. The quantitative estimate of drug-likeness (QED) is 0.418. The first-order valence-corrected chi connectivity index (χ1v) is 5.82. The van der Waals surface area contributed by atoms with E-state index in [0.717, 1.165) is 12.0 Å². The molecule has 0 aliphatic rings. The molecule has 0 fully saturated rings. The fourth-order valence-corrected chi connectivity index (χ4v) is 1.24. The number of nitrogens with zero attached hydrogens (tertiary/aromatic N) is 1. The van der Waals surface area contributed by atoms with E-state index in [2.05, 4.69) is 10.5 Å². The summed E-state index contributed by atoms with van der Waals surface area (Å²) in [6.45, 7) is 3.25. The van der Waals surface area contributed by atoms with Crippen LogP contribution in [0.5, 0.6) is 0 Å². The van der Waals surface area contributed by atoms with Crippen molar-refractivity contribution < 1.29 is 14.6 Å². The SMILES string of the molecule is CC(=NNCCCOCc1ccccc1)C(=O)O. The largest absolute Gasteiger partial charge is 0.477 e.